The van der Waals surface area contributed by atoms with E-state index >= 15 is 0 Å². The van der Waals surface area contributed by atoms with Crippen LogP contribution in [0.1, 0.15) is 20.8 Å². The van der Waals surface area contributed by atoms with E-state index < -0.39 is 0 Å². The minimum Gasteiger partial charge on any atom is -0.376 e. The van der Waals surface area contributed by atoms with Gasteiger partial charge in [-0.3, -0.25) is 10.1 Å². The van der Waals surface area contributed by atoms with Gasteiger partial charge in [0.2, 0.25) is 11.9 Å². The van der Waals surface area contributed by atoms with Crippen LogP contribution in [-0.4, -0.2) is 44.7 Å². The summed E-state index contributed by atoms with van der Waals surface area (Å²) in [4.78, 5) is 23.3. The smallest absolute Gasteiger partial charge is 0.233 e. The molecule has 8 nitrogen and oxygen atoms in total. The van der Waals surface area contributed by atoms with Crippen molar-refractivity contribution < 1.29 is 14.3 Å². The topological polar surface area (TPSA) is 91.2 Å². The van der Waals surface area contributed by atoms with Crippen LogP contribution >= 0.6 is 11.6 Å². The van der Waals surface area contributed by atoms with E-state index in [9.17, 15) is 4.79 Å². The highest BCUT2D eigenvalue weighted by atomic mass is 35.5. The number of aromatic nitrogens is 4. The van der Waals surface area contributed by atoms with Crippen LogP contribution in [0, 0.1) is 0 Å². The highest BCUT2D eigenvalue weighted by Gasteiger charge is 2.12. The van der Waals surface area contributed by atoms with E-state index in [1.54, 1.807) is 10.9 Å². The van der Waals surface area contributed by atoms with Gasteiger partial charge in [0.15, 0.2) is 10.8 Å². The molecule has 0 aliphatic carbocycles. The average Bonchev–Trinajstić information content (AvgIpc) is 2.80. The zero-order valence-corrected chi connectivity index (χ0v) is 13.4. The summed E-state index contributed by atoms with van der Waals surface area (Å²) in [5.41, 5.74) is 0.950. The first-order valence-electron chi connectivity index (χ1n) is 6.82. The van der Waals surface area contributed by atoms with E-state index in [0.29, 0.717) is 24.4 Å². The van der Waals surface area contributed by atoms with Gasteiger partial charge in [0, 0.05) is 6.92 Å². The lowest BCUT2D eigenvalue weighted by Crippen LogP contribution is -2.12. The Bertz CT molecular complexity index is 658. The first-order chi connectivity index (χ1) is 10.5. The normalized spacial score (nSPS) is 11.3. The Kier molecular flexibility index (Phi) is 5.64. The number of hydrogen-bond acceptors (Lipinski definition) is 6. The monoisotopic (exact) mass is 327 g/mol. The van der Waals surface area contributed by atoms with E-state index in [2.05, 4.69) is 20.3 Å². The number of halogens is 1. The minimum atomic E-state index is -0.275. The van der Waals surface area contributed by atoms with Gasteiger partial charge < -0.3 is 14.0 Å². The molecule has 120 valence electrons. The van der Waals surface area contributed by atoms with E-state index in [0.717, 1.165) is 0 Å². The van der Waals surface area contributed by atoms with Gasteiger partial charge in [0.1, 0.15) is 12.2 Å². The number of nitrogens with zero attached hydrogens (tertiary/aromatic N) is 4. The standard InChI is InChI=1S/C13H18ClN5O3/c1-8(2)22-5-4-21-7-19-6-15-12-10(19)11(14)17-13(18-12)16-9(3)20/h6,8H,4-5,7H2,1-3H3,(H,16,17,18,20). The fourth-order valence-corrected chi connectivity index (χ4v) is 2.03. The van der Waals surface area contributed by atoms with Crippen LogP contribution in [0.25, 0.3) is 11.2 Å². The van der Waals surface area contributed by atoms with Crippen molar-refractivity contribution in [2.45, 2.75) is 33.6 Å². The summed E-state index contributed by atoms with van der Waals surface area (Å²) < 4.78 is 12.6. The number of anilines is 1. The van der Waals surface area contributed by atoms with E-state index in [1.165, 1.54) is 6.92 Å². The van der Waals surface area contributed by atoms with Crippen LogP contribution in [0.5, 0.6) is 0 Å². The Balaban J connectivity index is 2.04. The Morgan fingerprint density at radius 1 is 1.41 bits per heavy atom. The van der Waals surface area contributed by atoms with E-state index in [1.807, 2.05) is 13.8 Å². The number of imidazole rings is 1. The maximum Gasteiger partial charge on any atom is 0.233 e. The third-order valence-corrected chi connectivity index (χ3v) is 2.89. The fraction of sp³-hybridized carbons (Fsp3) is 0.538. The molecule has 2 aromatic rings. The van der Waals surface area contributed by atoms with Crippen LogP contribution in [0.3, 0.4) is 0 Å². The molecule has 0 radical (unpaired) electrons. The van der Waals surface area contributed by atoms with Crippen molar-refractivity contribution in [1.82, 2.24) is 19.5 Å². The fourth-order valence-electron chi connectivity index (χ4n) is 1.75. The van der Waals surface area contributed by atoms with Gasteiger partial charge in [0.25, 0.3) is 0 Å². The highest BCUT2D eigenvalue weighted by Crippen LogP contribution is 2.21. The van der Waals surface area contributed by atoms with Crippen LogP contribution in [0.15, 0.2) is 6.33 Å². The molecule has 0 atom stereocenters. The molecule has 0 aliphatic rings. The number of hydrogen-bond donors (Lipinski definition) is 1. The van der Waals surface area contributed by atoms with Crippen molar-refractivity contribution in [2.75, 3.05) is 18.5 Å². The molecule has 2 rings (SSSR count). The Hall–Kier alpha value is -1.77. The minimum absolute atomic E-state index is 0.126. The van der Waals surface area contributed by atoms with Gasteiger partial charge in [-0.25, -0.2) is 4.98 Å². The molecule has 0 unspecified atom stereocenters. The van der Waals surface area contributed by atoms with Crippen molar-refractivity contribution >= 4 is 34.6 Å². The molecule has 1 N–H and O–H groups in total. The number of nitrogens with one attached hydrogen (secondary N) is 1. The summed E-state index contributed by atoms with van der Waals surface area (Å²) in [6, 6.07) is 0. The Morgan fingerprint density at radius 3 is 2.86 bits per heavy atom. The van der Waals surface area contributed by atoms with Crippen LogP contribution in [0.2, 0.25) is 5.15 Å². The summed E-state index contributed by atoms with van der Waals surface area (Å²) in [6.45, 7) is 6.54. The molecular weight excluding hydrogens is 310 g/mol. The van der Waals surface area contributed by atoms with E-state index in [-0.39, 0.29) is 29.8 Å². The number of carbonyl (C=O) groups excluding carboxylic acids is 1. The number of amides is 1. The second-order valence-electron chi connectivity index (χ2n) is 4.86. The van der Waals surface area contributed by atoms with Gasteiger partial charge in [-0.15, -0.1) is 0 Å². The largest absolute Gasteiger partial charge is 0.376 e. The predicted octanol–water partition coefficient (Wildman–Crippen LogP) is 1.84. The Morgan fingerprint density at radius 2 is 2.18 bits per heavy atom. The third-order valence-electron chi connectivity index (χ3n) is 2.63. The molecule has 9 heteroatoms. The first-order valence-corrected chi connectivity index (χ1v) is 7.20. The summed E-state index contributed by atoms with van der Waals surface area (Å²) in [7, 11) is 0. The van der Waals surface area contributed by atoms with Gasteiger partial charge in [-0.2, -0.15) is 9.97 Å². The van der Waals surface area contributed by atoms with Crippen molar-refractivity contribution in [3.63, 3.8) is 0 Å². The predicted molar refractivity (Wildman–Crippen MR) is 81.7 cm³/mol. The van der Waals surface area contributed by atoms with Crippen LogP contribution in [-0.2, 0) is 21.0 Å². The van der Waals surface area contributed by atoms with Crippen LogP contribution < -0.4 is 5.32 Å². The zero-order chi connectivity index (χ0) is 16.1. The quantitative estimate of drug-likeness (QED) is 0.616. The number of fused-ring (bicyclic) bond motifs is 1. The second-order valence-corrected chi connectivity index (χ2v) is 5.22. The lowest BCUT2D eigenvalue weighted by molar-refractivity contribution is -0.114. The zero-order valence-electron chi connectivity index (χ0n) is 12.7. The van der Waals surface area contributed by atoms with Crippen molar-refractivity contribution in [3.8, 4) is 0 Å². The SMILES string of the molecule is CC(=O)Nc1nc(Cl)c2c(ncn2COCCOC(C)C)n1. The number of ether oxygens (including phenoxy) is 2. The van der Waals surface area contributed by atoms with Gasteiger partial charge in [0.05, 0.1) is 25.6 Å². The van der Waals surface area contributed by atoms with Crippen molar-refractivity contribution in [1.29, 1.82) is 0 Å². The summed E-state index contributed by atoms with van der Waals surface area (Å²) in [6.07, 6.45) is 1.74. The molecule has 1 amide bonds. The molecule has 0 saturated heterocycles. The lowest BCUT2D eigenvalue weighted by atomic mass is 10.5. The first kappa shape index (κ1) is 16.6. The Labute approximate surface area is 132 Å². The van der Waals surface area contributed by atoms with Crippen molar-refractivity contribution in [3.05, 3.63) is 11.5 Å². The molecule has 0 fully saturated rings. The molecule has 2 heterocycles. The lowest BCUT2D eigenvalue weighted by Gasteiger charge is -2.09. The molecule has 22 heavy (non-hydrogen) atoms. The second kappa shape index (κ2) is 7.48. The molecule has 0 aromatic carbocycles. The molecule has 0 bridgehead atoms. The summed E-state index contributed by atoms with van der Waals surface area (Å²) >= 11 is 6.13. The number of rotatable bonds is 7. The molecule has 0 aliphatic heterocycles. The van der Waals surface area contributed by atoms with Gasteiger partial charge in [-0.1, -0.05) is 11.6 Å². The maximum absolute atomic E-state index is 11.0. The molecular formula is C13H18ClN5O3. The molecule has 0 saturated carbocycles. The molecule has 2 aromatic heterocycles. The third kappa shape index (κ3) is 4.36. The molecule has 0 spiro atoms. The van der Waals surface area contributed by atoms with Crippen molar-refractivity contribution in [2.24, 2.45) is 0 Å². The average molecular weight is 328 g/mol. The van der Waals surface area contributed by atoms with Gasteiger partial charge in [-0.05, 0) is 13.8 Å². The van der Waals surface area contributed by atoms with E-state index in [4.69, 9.17) is 21.1 Å². The van der Waals surface area contributed by atoms with Crippen LogP contribution in [0.4, 0.5) is 5.95 Å². The number of carbonyl (C=O) groups is 1. The maximum atomic E-state index is 11.0. The summed E-state index contributed by atoms with van der Waals surface area (Å²) in [5, 5.41) is 2.68. The summed E-state index contributed by atoms with van der Waals surface area (Å²) in [5.74, 6) is -0.148. The highest BCUT2D eigenvalue weighted by molar-refractivity contribution is 6.33. The van der Waals surface area contributed by atoms with Gasteiger partial charge >= 0.3 is 0 Å².